The number of rotatable bonds is 6. The van der Waals surface area contributed by atoms with E-state index < -0.39 is 32.3 Å². The Balaban J connectivity index is 1.57. The van der Waals surface area contributed by atoms with Crippen LogP contribution < -0.4 is 4.74 Å². The molecular formula is C29H22F3NO6S. The number of fused-ring (bicyclic) bond motifs is 2. The van der Waals surface area contributed by atoms with Gasteiger partial charge < -0.3 is 14.3 Å². The largest absolute Gasteiger partial charge is 0.501 e. The Morgan fingerprint density at radius 3 is 2.33 bits per heavy atom. The number of nitrogens with zero attached hydrogens (tertiary/aromatic N) is 1. The molecule has 0 aliphatic heterocycles. The highest BCUT2D eigenvalue weighted by Gasteiger charge is 2.46. The number of aromatic carboxylic acids is 1. The van der Waals surface area contributed by atoms with Crippen molar-refractivity contribution in [1.29, 1.82) is 0 Å². The highest BCUT2D eigenvalue weighted by atomic mass is 32.2. The lowest BCUT2D eigenvalue weighted by Gasteiger charge is -2.19. The fraction of sp³-hybridized carbons (Fsp3) is 0.172. The van der Waals surface area contributed by atoms with Crippen LogP contribution >= 0.6 is 0 Å². The van der Waals surface area contributed by atoms with E-state index >= 15 is 0 Å². The highest BCUT2D eigenvalue weighted by molar-refractivity contribution is 7.92. The molecule has 5 rings (SSSR count). The fourth-order valence-electron chi connectivity index (χ4n) is 4.55. The summed E-state index contributed by atoms with van der Waals surface area (Å²) >= 11 is 0. The molecule has 7 nitrogen and oxygen atoms in total. The topological polar surface area (TPSA) is 107 Å². The van der Waals surface area contributed by atoms with Crippen molar-refractivity contribution >= 4 is 37.7 Å². The van der Waals surface area contributed by atoms with Gasteiger partial charge in [-0.3, -0.25) is 0 Å². The number of para-hydroxylation sites is 1. The lowest BCUT2D eigenvalue weighted by molar-refractivity contribution is -0.0436. The molecule has 0 spiro atoms. The number of sulfone groups is 1. The molecule has 5 aromatic rings. The van der Waals surface area contributed by atoms with Crippen molar-refractivity contribution in [3.63, 3.8) is 0 Å². The number of hydrogen-bond donors (Lipinski definition) is 1. The Labute approximate surface area is 226 Å². The third-order valence-electron chi connectivity index (χ3n) is 6.70. The summed E-state index contributed by atoms with van der Waals surface area (Å²) in [6.07, 6.45) is -0.771. The lowest BCUT2D eigenvalue weighted by atomic mass is 10.0. The van der Waals surface area contributed by atoms with Crippen LogP contribution in [0.15, 0.2) is 76.0 Å². The molecule has 2 aromatic heterocycles. The van der Waals surface area contributed by atoms with Gasteiger partial charge in [-0.1, -0.05) is 36.4 Å². The van der Waals surface area contributed by atoms with Gasteiger partial charge in [-0.05, 0) is 62.2 Å². The van der Waals surface area contributed by atoms with E-state index in [0.717, 1.165) is 23.1 Å². The molecule has 2 heterocycles. The van der Waals surface area contributed by atoms with Crippen molar-refractivity contribution in [2.45, 2.75) is 37.3 Å². The van der Waals surface area contributed by atoms with Gasteiger partial charge in [0.15, 0.2) is 5.76 Å². The lowest BCUT2D eigenvalue weighted by Crippen LogP contribution is -2.23. The van der Waals surface area contributed by atoms with E-state index in [9.17, 15) is 31.5 Å². The van der Waals surface area contributed by atoms with E-state index in [1.54, 1.807) is 26.0 Å². The predicted octanol–water partition coefficient (Wildman–Crippen LogP) is 7.40. The Hall–Kier alpha value is -4.38. The monoisotopic (exact) mass is 569 g/mol. The maximum Gasteiger partial charge on any atom is 0.501 e. The molecule has 0 bridgehead atoms. The van der Waals surface area contributed by atoms with E-state index in [1.165, 1.54) is 18.2 Å². The van der Waals surface area contributed by atoms with Gasteiger partial charge in [-0.25, -0.2) is 18.2 Å². The number of carboxylic acid groups (broad SMARTS) is 1. The van der Waals surface area contributed by atoms with Crippen LogP contribution in [0.3, 0.4) is 0 Å². The minimum atomic E-state index is -5.49. The second kappa shape index (κ2) is 9.67. The number of hydrogen-bond acceptors (Lipinski definition) is 6. The van der Waals surface area contributed by atoms with Gasteiger partial charge >= 0.3 is 11.5 Å². The molecule has 0 unspecified atom stereocenters. The van der Waals surface area contributed by atoms with Crippen molar-refractivity contribution in [2.75, 3.05) is 0 Å². The summed E-state index contributed by atoms with van der Waals surface area (Å²) in [4.78, 5) is 16.3. The Bertz CT molecular complexity index is 1890. The third-order valence-corrected chi connectivity index (χ3v) is 8.20. The molecule has 3 aromatic carbocycles. The van der Waals surface area contributed by atoms with Gasteiger partial charge in [-0.2, -0.15) is 13.2 Å². The van der Waals surface area contributed by atoms with E-state index in [-0.39, 0.29) is 16.7 Å². The van der Waals surface area contributed by atoms with Crippen LogP contribution in [0.25, 0.3) is 33.3 Å². The number of benzene rings is 3. The Morgan fingerprint density at radius 2 is 1.70 bits per heavy atom. The first-order chi connectivity index (χ1) is 18.8. The minimum Gasteiger partial charge on any atom is -0.485 e. The SMILES string of the molecule is Cc1c(-c2cc(C(=O)O)c3c(O[C@H](C)c4ccc(S(=O)(=O)C(F)(F)F)cc4)ccc(C)c3n2)oc2ccccc12. The van der Waals surface area contributed by atoms with Crippen LogP contribution in [0.4, 0.5) is 13.2 Å². The number of aryl methyl sites for hydroxylation is 2. The number of pyridine rings is 1. The van der Waals surface area contributed by atoms with Crippen LogP contribution in [0.2, 0.25) is 0 Å². The molecule has 206 valence electrons. The molecule has 0 saturated heterocycles. The molecule has 0 radical (unpaired) electrons. The first-order valence-corrected chi connectivity index (χ1v) is 13.5. The van der Waals surface area contributed by atoms with E-state index in [1.807, 2.05) is 31.2 Å². The van der Waals surface area contributed by atoms with Gasteiger partial charge in [-0.15, -0.1) is 0 Å². The Kier molecular flexibility index (Phi) is 6.57. The number of carbonyl (C=O) groups is 1. The van der Waals surface area contributed by atoms with E-state index in [0.29, 0.717) is 33.7 Å². The standard InChI is InChI=1S/C29H22F3NO6S/c1-15-8-13-24(38-17(3)18-9-11-19(12-10-18)40(36,37)29(30,31)32)25-21(28(34)35)14-22(33-26(15)25)27-16(2)20-6-4-5-7-23(20)39-27/h4-14,17H,1-3H3,(H,34,35)/t17-/m1/s1. The molecule has 0 saturated carbocycles. The smallest absolute Gasteiger partial charge is 0.485 e. The second-order valence-corrected chi connectivity index (χ2v) is 11.2. The zero-order valence-corrected chi connectivity index (χ0v) is 22.2. The average Bonchev–Trinajstić information content (AvgIpc) is 3.25. The van der Waals surface area contributed by atoms with E-state index in [2.05, 4.69) is 0 Å². The van der Waals surface area contributed by atoms with Crippen LogP contribution in [0.1, 0.15) is 40.1 Å². The second-order valence-electron chi connectivity index (χ2n) is 9.30. The number of carboxylic acids is 1. The third kappa shape index (κ3) is 4.56. The van der Waals surface area contributed by atoms with Crippen LogP contribution in [-0.4, -0.2) is 30.0 Å². The molecule has 11 heteroatoms. The van der Waals surface area contributed by atoms with Crippen LogP contribution in [-0.2, 0) is 9.84 Å². The van der Waals surface area contributed by atoms with Crippen molar-refractivity contribution in [1.82, 2.24) is 4.98 Å². The van der Waals surface area contributed by atoms with E-state index in [4.69, 9.17) is 14.1 Å². The van der Waals surface area contributed by atoms with Gasteiger partial charge in [0, 0.05) is 10.9 Å². The van der Waals surface area contributed by atoms with Gasteiger partial charge in [0.1, 0.15) is 23.1 Å². The summed E-state index contributed by atoms with van der Waals surface area (Å²) in [5.74, 6) is -0.580. The maximum atomic E-state index is 12.9. The summed E-state index contributed by atoms with van der Waals surface area (Å²) in [6, 6.07) is 16.3. The van der Waals surface area contributed by atoms with Crippen molar-refractivity contribution in [2.24, 2.45) is 0 Å². The van der Waals surface area contributed by atoms with Gasteiger partial charge in [0.05, 0.1) is 21.4 Å². The molecule has 0 fully saturated rings. The summed E-state index contributed by atoms with van der Waals surface area (Å²) in [5.41, 5.74) is -2.24. The average molecular weight is 570 g/mol. The number of ether oxygens (including phenoxy) is 1. The number of alkyl halides is 3. The van der Waals surface area contributed by atoms with Crippen molar-refractivity contribution < 1.29 is 40.6 Å². The summed E-state index contributed by atoms with van der Waals surface area (Å²) in [7, 11) is -5.49. The summed E-state index contributed by atoms with van der Waals surface area (Å²) in [6.45, 7) is 5.26. The van der Waals surface area contributed by atoms with Crippen LogP contribution in [0, 0.1) is 13.8 Å². The quantitative estimate of drug-likeness (QED) is 0.227. The number of furan rings is 1. The number of halogens is 3. The van der Waals surface area contributed by atoms with Gasteiger partial charge in [0.2, 0.25) is 0 Å². The highest BCUT2D eigenvalue weighted by Crippen LogP contribution is 2.38. The minimum absolute atomic E-state index is 0.0719. The first-order valence-electron chi connectivity index (χ1n) is 12.0. The predicted molar refractivity (Wildman–Crippen MR) is 142 cm³/mol. The number of aromatic nitrogens is 1. The van der Waals surface area contributed by atoms with Gasteiger partial charge in [0.25, 0.3) is 9.84 Å². The molecule has 1 N–H and O–H groups in total. The first kappa shape index (κ1) is 27.2. The summed E-state index contributed by atoms with van der Waals surface area (Å²) < 4.78 is 74.1. The van der Waals surface area contributed by atoms with Crippen molar-refractivity contribution in [3.05, 3.63) is 89.0 Å². The molecule has 0 amide bonds. The maximum absolute atomic E-state index is 12.9. The fourth-order valence-corrected chi connectivity index (χ4v) is 5.32. The van der Waals surface area contributed by atoms with Crippen LogP contribution in [0.5, 0.6) is 5.75 Å². The Morgan fingerprint density at radius 1 is 1.02 bits per heavy atom. The zero-order chi connectivity index (χ0) is 29.0. The molecule has 1 atom stereocenters. The molecule has 0 aliphatic carbocycles. The summed E-state index contributed by atoms with van der Waals surface area (Å²) in [5, 5.41) is 11.3. The molecule has 0 aliphatic rings. The van der Waals surface area contributed by atoms with Crippen molar-refractivity contribution in [3.8, 4) is 17.2 Å². The molecule has 40 heavy (non-hydrogen) atoms. The normalized spacial score (nSPS) is 13.1. The zero-order valence-electron chi connectivity index (χ0n) is 21.4. The molecular weight excluding hydrogens is 547 g/mol.